The molecule has 128 valence electrons. The van der Waals surface area contributed by atoms with Crippen LogP contribution in [0.2, 0.25) is 0 Å². The second-order valence-electron chi connectivity index (χ2n) is 6.07. The summed E-state index contributed by atoms with van der Waals surface area (Å²) in [4.78, 5) is 25.8. The largest absolute Gasteiger partial charge is 0.352 e. The van der Waals surface area contributed by atoms with E-state index in [4.69, 9.17) is 0 Å². The Morgan fingerprint density at radius 1 is 1.04 bits per heavy atom. The summed E-state index contributed by atoms with van der Waals surface area (Å²) in [6.07, 6.45) is 1.83. The van der Waals surface area contributed by atoms with Crippen molar-refractivity contribution < 1.29 is 9.59 Å². The molecular formula is C18H29N3O2. The van der Waals surface area contributed by atoms with Gasteiger partial charge in [0.15, 0.2) is 0 Å². The molecule has 0 aliphatic rings. The van der Waals surface area contributed by atoms with E-state index >= 15 is 0 Å². The molecule has 5 nitrogen and oxygen atoms in total. The first-order valence-electron chi connectivity index (χ1n) is 8.21. The van der Waals surface area contributed by atoms with Crippen molar-refractivity contribution in [3.05, 3.63) is 29.3 Å². The summed E-state index contributed by atoms with van der Waals surface area (Å²) in [6.45, 7) is 8.44. The van der Waals surface area contributed by atoms with Gasteiger partial charge in [-0.25, -0.2) is 0 Å². The highest BCUT2D eigenvalue weighted by Gasteiger charge is 2.14. The first-order chi connectivity index (χ1) is 10.9. The Hall–Kier alpha value is -1.88. The van der Waals surface area contributed by atoms with Gasteiger partial charge in [0.05, 0.1) is 13.1 Å². The monoisotopic (exact) mass is 319 g/mol. The molecule has 2 N–H and O–H groups in total. The van der Waals surface area contributed by atoms with Crippen molar-refractivity contribution in [1.82, 2.24) is 10.2 Å². The van der Waals surface area contributed by atoms with Gasteiger partial charge in [0.25, 0.3) is 0 Å². The van der Waals surface area contributed by atoms with E-state index in [1.807, 2.05) is 32.0 Å². The molecule has 5 heteroatoms. The molecule has 2 amide bonds. The van der Waals surface area contributed by atoms with Gasteiger partial charge in [-0.15, -0.1) is 0 Å². The van der Waals surface area contributed by atoms with Crippen LogP contribution < -0.4 is 10.6 Å². The number of likely N-dealkylation sites (N-methyl/N-ethyl adjacent to an activating group) is 1. The van der Waals surface area contributed by atoms with Crippen molar-refractivity contribution in [3.63, 3.8) is 0 Å². The third kappa shape index (κ3) is 6.40. The van der Waals surface area contributed by atoms with Crippen molar-refractivity contribution in [3.8, 4) is 0 Å². The summed E-state index contributed by atoms with van der Waals surface area (Å²) < 4.78 is 0. The zero-order valence-electron chi connectivity index (χ0n) is 14.9. The van der Waals surface area contributed by atoms with Gasteiger partial charge in [-0.05, 0) is 44.9 Å². The quantitative estimate of drug-likeness (QED) is 0.774. The highest BCUT2D eigenvalue weighted by molar-refractivity contribution is 5.94. The number of carbonyl (C=O) groups is 2. The molecule has 1 aromatic rings. The van der Waals surface area contributed by atoms with E-state index in [-0.39, 0.29) is 30.9 Å². The minimum atomic E-state index is -0.111. The molecule has 0 heterocycles. The Labute approximate surface area is 139 Å². The number of anilines is 1. The van der Waals surface area contributed by atoms with Crippen molar-refractivity contribution >= 4 is 17.5 Å². The zero-order chi connectivity index (χ0) is 17.4. The second-order valence-corrected chi connectivity index (χ2v) is 6.07. The first-order valence-corrected chi connectivity index (χ1v) is 8.21. The summed E-state index contributed by atoms with van der Waals surface area (Å²) in [7, 11) is 1.77. The summed E-state index contributed by atoms with van der Waals surface area (Å²) in [6, 6.07) is 6.11. The van der Waals surface area contributed by atoms with Crippen LogP contribution in [0.5, 0.6) is 0 Å². The maximum absolute atomic E-state index is 12.2. The van der Waals surface area contributed by atoms with Gasteiger partial charge in [-0.3, -0.25) is 14.5 Å². The molecule has 0 saturated heterocycles. The molecule has 0 aromatic heterocycles. The molecule has 0 fully saturated rings. The van der Waals surface area contributed by atoms with Gasteiger partial charge in [-0.1, -0.05) is 32.0 Å². The van der Waals surface area contributed by atoms with Crippen LogP contribution in [0.25, 0.3) is 0 Å². The number of hydrogen-bond donors (Lipinski definition) is 2. The molecule has 0 aliphatic heterocycles. The maximum atomic E-state index is 12.2. The number of nitrogens with zero attached hydrogens (tertiary/aromatic N) is 1. The Bertz CT molecular complexity index is 519. The molecule has 1 rings (SSSR count). The van der Waals surface area contributed by atoms with E-state index in [0.717, 1.165) is 29.7 Å². The van der Waals surface area contributed by atoms with E-state index in [0.29, 0.717) is 0 Å². The fourth-order valence-electron chi connectivity index (χ4n) is 2.50. The highest BCUT2D eigenvalue weighted by atomic mass is 16.2. The minimum Gasteiger partial charge on any atom is -0.352 e. The van der Waals surface area contributed by atoms with Crippen LogP contribution in [-0.4, -0.2) is 42.9 Å². The fourth-order valence-corrected chi connectivity index (χ4v) is 2.50. The van der Waals surface area contributed by atoms with Gasteiger partial charge in [0.2, 0.25) is 11.8 Å². The van der Waals surface area contributed by atoms with Crippen molar-refractivity contribution in [2.75, 3.05) is 25.5 Å². The summed E-state index contributed by atoms with van der Waals surface area (Å²) >= 11 is 0. The standard InChI is InChI=1S/C18H29N3O2/c1-6-15(7-2)19-16(22)11-21(5)12-17(23)20-18-13(3)9-8-10-14(18)4/h8-10,15H,6-7,11-12H2,1-5H3,(H,19,22)(H,20,23). The molecular weight excluding hydrogens is 290 g/mol. The third-order valence-corrected chi connectivity index (χ3v) is 3.92. The summed E-state index contributed by atoms with van der Waals surface area (Å²) in [5, 5.41) is 5.91. The average molecular weight is 319 g/mol. The lowest BCUT2D eigenvalue weighted by atomic mass is 10.1. The number of rotatable bonds is 8. The van der Waals surface area contributed by atoms with Crippen molar-refractivity contribution in [2.45, 2.75) is 46.6 Å². The number of hydrogen-bond acceptors (Lipinski definition) is 3. The van der Waals surface area contributed by atoms with Crippen molar-refractivity contribution in [2.24, 2.45) is 0 Å². The number of aryl methyl sites for hydroxylation is 2. The smallest absolute Gasteiger partial charge is 0.238 e. The molecule has 0 radical (unpaired) electrons. The van der Waals surface area contributed by atoms with Crippen LogP contribution in [0, 0.1) is 13.8 Å². The van der Waals surface area contributed by atoms with Gasteiger partial charge in [0.1, 0.15) is 0 Å². The van der Waals surface area contributed by atoms with E-state index in [1.165, 1.54) is 0 Å². The molecule has 23 heavy (non-hydrogen) atoms. The lowest BCUT2D eigenvalue weighted by Gasteiger charge is -2.20. The van der Waals surface area contributed by atoms with Crippen LogP contribution in [0.4, 0.5) is 5.69 Å². The molecule has 0 unspecified atom stereocenters. The van der Waals surface area contributed by atoms with Crippen molar-refractivity contribution in [1.29, 1.82) is 0 Å². The topological polar surface area (TPSA) is 61.4 Å². The molecule has 0 bridgehead atoms. The number of nitrogens with one attached hydrogen (secondary N) is 2. The lowest BCUT2D eigenvalue weighted by Crippen LogP contribution is -2.42. The lowest BCUT2D eigenvalue weighted by molar-refractivity contribution is -0.123. The van der Waals surface area contributed by atoms with Crippen LogP contribution in [-0.2, 0) is 9.59 Å². The molecule has 0 saturated carbocycles. The maximum Gasteiger partial charge on any atom is 0.238 e. The van der Waals surface area contributed by atoms with Gasteiger partial charge in [0, 0.05) is 11.7 Å². The highest BCUT2D eigenvalue weighted by Crippen LogP contribution is 2.19. The van der Waals surface area contributed by atoms with Crippen LogP contribution in [0.1, 0.15) is 37.8 Å². The van der Waals surface area contributed by atoms with Crippen LogP contribution in [0.3, 0.4) is 0 Å². The Kier molecular flexibility index (Phi) is 7.75. The van der Waals surface area contributed by atoms with E-state index in [2.05, 4.69) is 24.5 Å². The van der Waals surface area contributed by atoms with Crippen LogP contribution in [0.15, 0.2) is 18.2 Å². The number of benzene rings is 1. The average Bonchev–Trinajstić information content (AvgIpc) is 2.48. The number of carbonyl (C=O) groups excluding carboxylic acids is 2. The molecule has 0 atom stereocenters. The molecule has 1 aromatic carbocycles. The van der Waals surface area contributed by atoms with Gasteiger partial charge in [-0.2, -0.15) is 0 Å². The van der Waals surface area contributed by atoms with Crippen LogP contribution >= 0.6 is 0 Å². The SMILES string of the molecule is CCC(CC)NC(=O)CN(C)CC(=O)Nc1c(C)cccc1C. The minimum absolute atomic E-state index is 0.0407. The Balaban J connectivity index is 2.49. The van der Waals surface area contributed by atoms with Gasteiger partial charge < -0.3 is 10.6 Å². The second kappa shape index (κ2) is 9.30. The number of para-hydroxylation sites is 1. The summed E-state index contributed by atoms with van der Waals surface area (Å²) in [5.74, 6) is -0.152. The predicted octanol–water partition coefficient (Wildman–Crippen LogP) is 2.48. The normalized spacial score (nSPS) is 10.9. The van der Waals surface area contributed by atoms with E-state index in [9.17, 15) is 9.59 Å². The predicted molar refractivity (Wildman–Crippen MR) is 94.6 cm³/mol. The van der Waals surface area contributed by atoms with Gasteiger partial charge >= 0.3 is 0 Å². The fraction of sp³-hybridized carbons (Fsp3) is 0.556. The number of amides is 2. The first kappa shape index (κ1) is 19.2. The Morgan fingerprint density at radius 2 is 1.57 bits per heavy atom. The Morgan fingerprint density at radius 3 is 2.09 bits per heavy atom. The summed E-state index contributed by atoms with van der Waals surface area (Å²) in [5.41, 5.74) is 2.92. The molecule has 0 aliphatic carbocycles. The van der Waals surface area contributed by atoms with E-state index in [1.54, 1.807) is 11.9 Å². The molecule has 0 spiro atoms. The van der Waals surface area contributed by atoms with E-state index < -0.39 is 0 Å². The third-order valence-electron chi connectivity index (χ3n) is 3.92. The zero-order valence-corrected chi connectivity index (χ0v) is 14.9.